The van der Waals surface area contributed by atoms with Gasteiger partial charge in [-0.2, -0.15) is 18.3 Å². The maximum absolute atomic E-state index is 13.2. The molecule has 1 fully saturated rings. The van der Waals surface area contributed by atoms with Gasteiger partial charge in [-0.3, -0.25) is 14.7 Å². The second-order valence-corrected chi connectivity index (χ2v) is 8.71. The van der Waals surface area contributed by atoms with Crippen molar-refractivity contribution in [2.75, 3.05) is 12.1 Å². The molecule has 174 valence electrons. The van der Waals surface area contributed by atoms with Gasteiger partial charge in [0.1, 0.15) is 17.7 Å². The monoisotopic (exact) mass is 468 g/mol. The summed E-state index contributed by atoms with van der Waals surface area (Å²) in [7, 11) is 1.93. The van der Waals surface area contributed by atoms with Gasteiger partial charge in [0.2, 0.25) is 0 Å². The molecule has 0 unspecified atom stereocenters. The van der Waals surface area contributed by atoms with Crippen LogP contribution < -0.4 is 5.01 Å². The van der Waals surface area contributed by atoms with E-state index in [4.69, 9.17) is 0 Å². The van der Waals surface area contributed by atoms with Crippen LogP contribution in [0.2, 0.25) is 0 Å². The molecule has 0 amide bonds. The van der Waals surface area contributed by atoms with Crippen LogP contribution in [-0.2, 0) is 18.3 Å². The van der Waals surface area contributed by atoms with Gasteiger partial charge in [-0.05, 0) is 55.3 Å². The molecule has 2 aromatic heterocycles. The minimum absolute atomic E-state index is 0.150. The van der Waals surface area contributed by atoms with Crippen molar-refractivity contribution >= 4 is 22.7 Å². The van der Waals surface area contributed by atoms with E-state index in [0.717, 1.165) is 47.3 Å². The molecular weight excluding hydrogens is 449 g/mol. The Balaban J connectivity index is 1.61. The Morgan fingerprint density at radius 3 is 2.47 bits per heavy atom. The van der Waals surface area contributed by atoms with Crippen LogP contribution >= 0.6 is 0 Å². The highest BCUT2D eigenvalue weighted by Gasteiger charge is 2.57. The van der Waals surface area contributed by atoms with E-state index in [-0.39, 0.29) is 5.56 Å². The van der Waals surface area contributed by atoms with Crippen LogP contribution in [0.15, 0.2) is 48.8 Å². The average molecular weight is 468 g/mol. The summed E-state index contributed by atoms with van der Waals surface area (Å²) < 4.78 is 41.5. The number of hydrogen-bond donors (Lipinski definition) is 2. The standard InChI is InChI=1S/C23H19F3N6O2/c1-30-11-17-16-10-13(20(33)34)2-7-18(16)31(15-5-3-14(4-6-15)23(24,25)26)19(17)32(30)22(8-9-22)21-27-12-28-29-21/h2-7,10,12H,8-9,11H2,1H3,(H,33,34)(H,27,28,29). The normalized spacial score (nSPS) is 17.4. The summed E-state index contributed by atoms with van der Waals surface area (Å²) in [5, 5.41) is 21.4. The molecule has 2 N–H and O–H groups in total. The molecule has 2 aromatic carbocycles. The fraction of sp³-hybridized carbons (Fsp3) is 0.261. The van der Waals surface area contributed by atoms with E-state index in [2.05, 4.69) is 20.2 Å². The van der Waals surface area contributed by atoms with Crippen molar-refractivity contribution in [2.45, 2.75) is 31.1 Å². The van der Waals surface area contributed by atoms with Crippen molar-refractivity contribution < 1.29 is 23.1 Å². The second kappa shape index (κ2) is 6.83. The average Bonchev–Trinajstić information content (AvgIpc) is 3.14. The van der Waals surface area contributed by atoms with Crippen LogP contribution in [0.3, 0.4) is 0 Å². The first-order chi connectivity index (χ1) is 16.2. The van der Waals surface area contributed by atoms with E-state index in [1.54, 1.807) is 12.1 Å². The van der Waals surface area contributed by atoms with Gasteiger partial charge in [0.05, 0.1) is 16.6 Å². The predicted molar refractivity (Wildman–Crippen MR) is 116 cm³/mol. The number of hydrazine groups is 1. The lowest BCUT2D eigenvalue weighted by molar-refractivity contribution is -0.137. The van der Waals surface area contributed by atoms with E-state index < -0.39 is 23.2 Å². The molecule has 2 aliphatic rings. The van der Waals surface area contributed by atoms with Gasteiger partial charge in [-0.1, -0.05) is 0 Å². The number of aromatic amines is 1. The van der Waals surface area contributed by atoms with Crippen molar-refractivity contribution in [3.8, 4) is 5.69 Å². The third-order valence-corrected chi connectivity index (χ3v) is 6.66. The van der Waals surface area contributed by atoms with Crippen molar-refractivity contribution in [2.24, 2.45) is 0 Å². The molecule has 0 atom stereocenters. The highest BCUT2D eigenvalue weighted by molar-refractivity contribution is 5.99. The van der Waals surface area contributed by atoms with Crippen LogP contribution in [-0.4, -0.2) is 42.9 Å². The van der Waals surface area contributed by atoms with Crippen molar-refractivity contribution in [3.63, 3.8) is 0 Å². The number of carboxylic acids is 1. The first-order valence-corrected chi connectivity index (χ1v) is 10.7. The van der Waals surface area contributed by atoms with Gasteiger partial charge in [-0.25, -0.2) is 14.8 Å². The maximum atomic E-state index is 13.2. The van der Waals surface area contributed by atoms with Gasteiger partial charge >= 0.3 is 12.1 Å². The number of carbonyl (C=O) groups is 1. The molecule has 1 aliphatic heterocycles. The zero-order valence-electron chi connectivity index (χ0n) is 18.0. The molecule has 34 heavy (non-hydrogen) atoms. The van der Waals surface area contributed by atoms with Crippen molar-refractivity contribution in [3.05, 3.63) is 71.3 Å². The third-order valence-electron chi connectivity index (χ3n) is 6.66. The van der Waals surface area contributed by atoms with Crippen LogP contribution in [0.25, 0.3) is 16.6 Å². The smallest absolute Gasteiger partial charge is 0.416 e. The Bertz CT molecular complexity index is 1420. The van der Waals surface area contributed by atoms with Gasteiger partial charge in [0, 0.05) is 30.2 Å². The molecule has 0 saturated heterocycles. The molecule has 4 aromatic rings. The first-order valence-electron chi connectivity index (χ1n) is 10.7. The number of alkyl halides is 3. The van der Waals surface area contributed by atoms with Gasteiger partial charge < -0.3 is 5.11 Å². The zero-order chi connectivity index (χ0) is 23.8. The van der Waals surface area contributed by atoms with Gasteiger partial charge in [0.15, 0.2) is 5.82 Å². The molecule has 11 heteroatoms. The van der Waals surface area contributed by atoms with Crippen LogP contribution in [0.5, 0.6) is 0 Å². The lowest BCUT2D eigenvalue weighted by Gasteiger charge is -2.35. The highest BCUT2D eigenvalue weighted by Crippen LogP contribution is 2.56. The summed E-state index contributed by atoms with van der Waals surface area (Å²) >= 11 is 0. The van der Waals surface area contributed by atoms with Crippen LogP contribution in [0, 0.1) is 0 Å². The number of carboxylic acid groups (broad SMARTS) is 1. The number of aromatic nitrogens is 4. The van der Waals surface area contributed by atoms with E-state index in [1.807, 2.05) is 16.6 Å². The second-order valence-electron chi connectivity index (χ2n) is 8.71. The van der Waals surface area contributed by atoms with Gasteiger partial charge in [0.25, 0.3) is 0 Å². The zero-order valence-corrected chi connectivity index (χ0v) is 18.0. The number of nitrogens with one attached hydrogen (secondary N) is 1. The largest absolute Gasteiger partial charge is 0.478 e. The highest BCUT2D eigenvalue weighted by atomic mass is 19.4. The van der Waals surface area contributed by atoms with E-state index in [9.17, 15) is 23.1 Å². The minimum atomic E-state index is -4.44. The van der Waals surface area contributed by atoms with Crippen LogP contribution in [0.1, 0.15) is 40.2 Å². The predicted octanol–water partition coefficient (Wildman–Crippen LogP) is 4.32. The third kappa shape index (κ3) is 2.86. The van der Waals surface area contributed by atoms with E-state index in [1.165, 1.54) is 24.5 Å². The summed E-state index contributed by atoms with van der Waals surface area (Å²) in [6.45, 7) is 0.512. The minimum Gasteiger partial charge on any atom is -0.478 e. The molecule has 3 heterocycles. The Kier molecular flexibility index (Phi) is 4.16. The Labute approximate surface area is 191 Å². The van der Waals surface area contributed by atoms with Crippen molar-refractivity contribution in [1.29, 1.82) is 0 Å². The topological polar surface area (TPSA) is 90.3 Å². The number of benzene rings is 2. The number of fused-ring (bicyclic) bond motifs is 3. The molecule has 0 radical (unpaired) electrons. The lowest BCUT2D eigenvalue weighted by Crippen LogP contribution is -2.44. The summed E-state index contributed by atoms with van der Waals surface area (Å²) in [5.41, 5.74) is 1.15. The molecule has 1 aliphatic carbocycles. The van der Waals surface area contributed by atoms with Crippen LogP contribution in [0.4, 0.5) is 19.0 Å². The molecule has 8 nitrogen and oxygen atoms in total. The quantitative estimate of drug-likeness (QED) is 0.464. The molecular formula is C23H19F3N6O2. The Hall–Kier alpha value is -3.86. The SMILES string of the molecule is CN1Cc2c(n(-c3ccc(C(F)(F)F)cc3)c3ccc(C(=O)O)cc23)N1C1(c2ncn[nH]2)CC1. The number of hydrogen-bond acceptors (Lipinski definition) is 5. The Morgan fingerprint density at radius 2 is 1.88 bits per heavy atom. The number of rotatable bonds is 4. The fourth-order valence-electron chi connectivity index (χ4n) is 5.00. The molecule has 0 spiro atoms. The summed E-state index contributed by atoms with van der Waals surface area (Å²) in [6, 6.07) is 9.86. The first kappa shape index (κ1) is 20.7. The maximum Gasteiger partial charge on any atom is 0.416 e. The summed E-state index contributed by atoms with van der Waals surface area (Å²) in [5.74, 6) is 0.456. The number of aromatic carboxylic acids is 1. The Morgan fingerprint density at radius 1 is 1.15 bits per heavy atom. The molecule has 6 rings (SSSR count). The van der Waals surface area contributed by atoms with Crippen molar-refractivity contribution in [1.82, 2.24) is 24.8 Å². The fourth-order valence-corrected chi connectivity index (χ4v) is 5.00. The summed E-state index contributed by atoms with van der Waals surface area (Å²) in [6.07, 6.45) is -1.34. The number of nitrogens with zero attached hydrogens (tertiary/aromatic N) is 5. The molecule has 1 saturated carbocycles. The number of H-pyrrole nitrogens is 1. The van der Waals surface area contributed by atoms with Gasteiger partial charge in [-0.15, -0.1) is 0 Å². The number of anilines is 1. The molecule has 0 bridgehead atoms. The van der Waals surface area contributed by atoms with E-state index >= 15 is 0 Å². The van der Waals surface area contributed by atoms with E-state index in [0.29, 0.717) is 18.1 Å². The summed E-state index contributed by atoms with van der Waals surface area (Å²) in [4.78, 5) is 16.0. The lowest BCUT2D eigenvalue weighted by atomic mass is 10.1. The number of halogens is 3.